The summed E-state index contributed by atoms with van der Waals surface area (Å²) in [4.78, 5) is 0. The van der Waals surface area contributed by atoms with Crippen molar-refractivity contribution in [1.82, 2.24) is 8.97 Å². The molecule has 3 aromatic rings. The van der Waals surface area contributed by atoms with Gasteiger partial charge in [0.1, 0.15) is 5.82 Å². The van der Waals surface area contributed by atoms with E-state index in [1.54, 1.807) is 0 Å². The highest BCUT2D eigenvalue weighted by Crippen LogP contribution is 2.25. The molecular weight excluding hydrogens is 174 g/mol. The molecule has 70 valence electrons. The predicted molar refractivity (Wildman–Crippen MR) is 58.3 cm³/mol. The van der Waals surface area contributed by atoms with Gasteiger partial charge in [0.05, 0.1) is 11.0 Å². The van der Waals surface area contributed by atoms with Crippen LogP contribution in [0, 0.1) is 0 Å². The number of rotatable bonds is 0. The summed E-state index contributed by atoms with van der Waals surface area (Å²) in [6.07, 6.45) is 4.15. The van der Waals surface area contributed by atoms with Gasteiger partial charge < -0.3 is 14.7 Å². The lowest BCUT2D eigenvalue weighted by Crippen LogP contribution is -1.95. The number of anilines is 1. The summed E-state index contributed by atoms with van der Waals surface area (Å²) in [5.74, 6) is 0.807. The number of nitrogen functional groups attached to an aromatic ring is 1. The molecule has 0 bridgehead atoms. The molecule has 3 nitrogen and oxygen atoms in total. The van der Waals surface area contributed by atoms with Crippen molar-refractivity contribution >= 4 is 22.2 Å². The van der Waals surface area contributed by atoms with Gasteiger partial charge in [-0.15, -0.1) is 0 Å². The zero-order valence-corrected chi connectivity index (χ0v) is 7.94. The molecule has 3 heteroatoms. The summed E-state index contributed by atoms with van der Waals surface area (Å²) in [7, 11) is 1.99. The molecule has 0 saturated heterocycles. The fourth-order valence-corrected chi connectivity index (χ4v) is 1.98. The Morgan fingerprint density at radius 2 is 2.14 bits per heavy atom. The predicted octanol–water partition coefficient (Wildman–Crippen LogP) is 2.01. The maximum atomic E-state index is 5.84. The van der Waals surface area contributed by atoms with Gasteiger partial charge in [0, 0.05) is 24.8 Å². The van der Waals surface area contributed by atoms with Crippen molar-refractivity contribution in [2.45, 2.75) is 0 Å². The van der Waals surface area contributed by atoms with Crippen LogP contribution in [0.1, 0.15) is 0 Å². The van der Waals surface area contributed by atoms with E-state index in [1.165, 1.54) is 16.4 Å². The summed E-state index contributed by atoms with van der Waals surface area (Å²) in [6, 6.07) is 8.16. The van der Waals surface area contributed by atoms with Gasteiger partial charge in [-0.25, -0.2) is 0 Å². The van der Waals surface area contributed by atoms with Crippen molar-refractivity contribution in [3.63, 3.8) is 0 Å². The van der Waals surface area contributed by atoms with E-state index in [0.29, 0.717) is 0 Å². The molecule has 2 N–H and O–H groups in total. The molecule has 0 aliphatic carbocycles. The Morgan fingerprint density at radius 1 is 1.29 bits per heavy atom. The number of hydrogen-bond acceptors (Lipinski definition) is 1. The van der Waals surface area contributed by atoms with E-state index in [2.05, 4.69) is 16.7 Å². The average molecular weight is 185 g/mol. The minimum atomic E-state index is 0.807. The number of pyridine rings is 1. The Hall–Kier alpha value is -1.90. The smallest absolute Gasteiger partial charge is 0.104 e. The molecule has 0 atom stereocenters. The summed E-state index contributed by atoms with van der Waals surface area (Å²) in [5, 5.41) is 1.19. The van der Waals surface area contributed by atoms with E-state index >= 15 is 0 Å². The zero-order valence-electron chi connectivity index (χ0n) is 7.94. The molecule has 0 saturated carbocycles. The third-order valence-corrected chi connectivity index (χ3v) is 2.71. The topological polar surface area (TPSA) is 35.4 Å². The molecule has 0 aliphatic heterocycles. The Kier molecular flexibility index (Phi) is 1.24. The Labute approximate surface area is 81.4 Å². The molecular formula is C11H11N3. The summed E-state index contributed by atoms with van der Waals surface area (Å²) < 4.78 is 4.13. The number of nitrogens with two attached hydrogens (primary N) is 1. The fourth-order valence-electron chi connectivity index (χ4n) is 1.98. The average Bonchev–Trinajstić information content (AvgIpc) is 2.65. The minimum Gasteiger partial charge on any atom is -0.385 e. The van der Waals surface area contributed by atoms with Crippen molar-refractivity contribution in [3.8, 4) is 0 Å². The molecule has 0 fully saturated rings. The van der Waals surface area contributed by atoms with Crippen LogP contribution in [0.5, 0.6) is 0 Å². The first kappa shape index (κ1) is 7.50. The lowest BCUT2D eigenvalue weighted by atomic mass is 10.3. The van der Waals surface area contributed by atoms with E-state index in [1.807, 2.05) is 36.0 Å². The van der Waals surface area contributed by atoms with Crippen LogP contribution in [0.3, 0.4) is 0 Å². The van der Waals surface area contributed by atoms with Crippen LogP contribution in [-0.2, 0) is 7.05 Å². The van der Waals surface area contributed by atoms with Gasteiger partial charge in [0.25, 0.3) is 0 Å². The maximum absolute atomic E-state index is 5.84. The lowest BCUT2D eigenvalue weighted by molar-refractivity contribution is 0.984. The van der Waals surface area contributed by atoms with E-state index in [9.17, 15) is 0 Å². The Bertz CT molecular complexity index is 616. The first-order valence-electron chi connectivity index (χ1n) is 4.58. The second kappa shape index (κ2) is 2.32. The van der Waals surface area contributed by atoms with Crippen molar-refractivity contribution in [2.75, 3.05) is 5.73 Å². The molecule has 0 radical (unpaired) electrons. The number of aryl methyl sites for hydroxylation is 1. The molecule has 3 heterocycles. The van der Waals surface area contributed by atoms with Gasteiger partial charge in [0.15, 0.2) is 0 Å². The second-order valence-corrected chi connectivity index (χ2v) is 3.55. The van der Waals surface area contributed by atoms with E-state index in [-0.39, 0.29) is 0 Å². The molecule has 0 spiro atoms. The normalized spacial score (nSPS) is 11.5. The Balaban J connectivity index is 2.62. The maximum Gasteiger partial charge on any atom is 0.104 e. The standard InChI is InChI=1S/C11H11N3/c1-13-10(12)6-8-7-14-5-3-2-4-9(14)11(8)13/h2-7H,12H2,1H3. The Morgan fingerprint density at radius 3 is 3.00 bits per heavy atom. The van der Waals surface area contributed by atoms with Gasteiger partial charge in [-0.1, -0.05) is 6.07 Å². The van der Waals surface area contributed by atoms with E-state index in [0.717, 1.165) is 5.82 Å². The van der Waals surface area contributed by atoms with Gasteiger partial charge in [-0.05, 0) is 18.2 Å². The highest BCUT2D eigenvalue weighted by Gasteiger charge is 2.07. The molecule has 3 aromatic heterocycles. The third kappa shape index (κ3) is 0.763. The molecule has 14 heavy (non-hydrogen) atoms. The van der Waals surface area contributed by atoms with Crippen LogP contribution in [0.15, 0.2) is 36.7 Å². The monoisotopic (exact) mass is 185 g/mol. The first-order chi connectivity index (χ1) is 6.77. The van der Waals surface area contributed by atoms with Crippen molar-refractivity contribution in [3.05, 3.63) is 36.7 Å². The van der Waals surface area contributed by atoms with Crippen molar-refractivity contribution in [2.24, 2.45) is 7.05 Å². The van der Waals surface area contributed by atoms with Crippen LogP contribution in [0.25, 0.3) is 16.4 Å². The molecule has 0 aromatic carbocycles. The number of aromatic nitrogens is 2. The third-order valence-electron chi connectivity index (χ3n) is 2.71. The first-order valence-corrected chi connectivity index (χ1v) is 4.58. The van der Waals surface area contributed by atoms with Crippen LogP contribution in [-0.4, -0.2) is 8.97 Å². The van der Waals surface area contributed by atoms with Crippen LogP contribution in [0.2, 0.25) is 0 Å². The van der Waals surface area contributed by atoms with Crippen LogP contribution in [0.4, 0.5) is 5.82 Å². The molecule has 0 unspecified atom stereocenters. The number of hydrogen-bond donors (Lipinski definition) is 1. The second-order valence-electron chi connectivity index (χ2n) is 3.55. The van der Waals surface area contributed by atoms with Crippen LogP contribution < -0.4 is 5.73 Å². The summed E-state index contributed by atoms with van der Waals surface area (Å²) in [5.41, 5.74) is 8.24. The minimum absolute atomic E-state index is 0.807. The van der Waals surface area contributed by atoms with E-state index in [4.69, 9.17) is 5.73 Å². The van der Waals surface area contributed by atoms with Gasteiger partial charge in [-0.3, -0.25) is 0 Å². The summed E-state index contributed by atoms with van der Waals surface area (Å²) in [6.45, 7) is 0. The largest absolute Gasteiger partial charge is 0.385 e. The highest BCUT2D eigenvalue weighted by atomic mass is 15.0. The van der Waals surface area contributed by atoms with Gasteiger partial charge >= 0.3 is 0 Å². The van der Waals surface area contributed by atoms with Crippen molar-refractivity contribution < 1.29 is 0 Å². The highest BCUT2D eigenvalue weighted by molar-refractivity contribution is 5.97. The zero-order chi connectivity index (χ0) is 9.71. The van der Waals surface area contributed by atoms with Gasteiger partial charge in [-0.2, -0.15) is 0 Å². The molecule has 0 amide bonds. The SMILES string of the molecule is Cn1c(N)cc2cn3ccccc3c21. The fraction of sp³-hybridized carbons (Fsp3) is 0.0909. The number of nitrogens with zero attached hydrogens (tertiary/aromatic N) is 2. The quantitative estimate of drug-likeness (QED) is 0.571. The molecule has 0 aliphatic rings. The van der Waals surface area contributed by atoms with Gasteiger partial charge in [0.2, 0.25) is 0 Å². The van der Waals surface area contributed by atoms with E-state index < -0.39 is 0 Å². The van der Waals surface area contributed by atoms with Crippen LogP contribution >= 0.6 is 0 Å². The number of fused-ring (bicyclic) bond motifs is 3. The lowest BCUT2D eigenvalue weighted by Gasteiger charge is -1.98. The summed E-state index contributed by atoms with van der Waals surface area (Å²) >= 11 is 0. The van der Waals surface area contributed by atoms with Crippen molar-refractivity contribution in [1.29, 1.82) is 0 Å². The molecule has 3 rings (SSSR count).